The van der Waals surface area contributed by atoms with Crippen molar-refractivity contribution in [3.05, 3.63) is 0 Å². The zero-order valence-corrected chi connectivity index (χ0v) is 8.86. The molecule has 2 N–H and O–H groups in total. The molecule has 0 saturated carbocycles. The molecule has 82 valence electrons. The van der Waals surface area contributed by atoms with Crippen LogP contribution < -0.4 is 0 Å². The SMILES string of the molecule is CC(CCC(C)C(C)C(=O)O)C(=O)O. The van der Waals surface area contributed by atoms with Crippen molar-refractivity contribution < 1.29 is 19.8 Å². The molecule has 0 aliphatic heterocycles. The first-order valence-electron chi connectivity index (χ1n) is 4.81. The molecule has 3 atom stereocenters. The number of hydrogen-bond donors (Lipinski definition) is 2. The highest BCUT2D eigenvalue weighted by Gasteiger charge is 2.21. The Labute approximate surface area is 83.9 Å². The molecule has 0 aromatic heterocycles. The Kier molecular flexibility index (Phi) is 5.20. The Bertz CT molecular complexity index is 212. The predicted octanol–water partition coefficient (Wildman–Crippen LogP) is 1.84. The molecular formula is C10H18O4. The Morgan fingerprint density at radius 3 is 1.86 bits per heavy atom. The summed E-state index contributed by atoms with van der Waals surface area (Å²) < 4.78 is 0. The van der Waals surface area contributed by atoms with Gasteiger partial charge in [-0.15, -0.1) is 0 Å². The lowest BCUT2D eigenvalue weighted by atomic mass is 9.89. The number of carboxylic acid groups (broad SMARTS) is 2. The van der Waals surface area contributed by atoms with Gasteiger partial charge in [0, 0.05) is 0 Å². The fourth-order valence-electron chi connectivity index (χ4n) is 1.13. The summed E-state index contributed by atoms with van der Waals surface area (Å²) >= 11 is 0. The van der Waals surface area contributed by atoms with Crippen LogP contribution in [0.1, 0.15) is 33.6 Å². The van der Waals surface area contributed by atoms with Gasteiger partial charge in [0.05, 0.1) is 11.8 Å². The van der Waals surface area contributed by atoms with Gasteiger partial charge in [-0.3, -0.25) is 9.59 Å². The van der Waals surface area contributed by atoms with E-state index in [0.717, 1.165) is 0 Å². The first-order chi connectivity index (χ1) is 6.36. The van der Waals surface area contributed by atoms with Gasteiger partial charge in [-0.05, 0) is 18.8 Å². The van der Waals surface area contributed by atoms with E-state index in [1.165, 1.54) is 0 Å². The van der Waals surface area contributed by atoms with E-state index in [1.807, 2.05) is 6.92 Å². The van der Waals surface area contributed by atoms with Crippen molar-refractivity contribution in [1.29, 1.82) is 0 Å². The molecule has 0 radical (unpaired) electrons. The maximum atomic E-state index is 10.6. The fraction of sp³-hybridized carbons (Fsp3) is 0.800. The van der Waals surface area contributed by atoms with Crippen LogP contribution in [0, 0.1) is 17.8 Å². The number of hydrogen-bond acceptors (Lipinski definition) is 2. The van der Waals surface area contributed by atoms with E-state index in [4.69, 9.17) is 10.2 Å². The van der Waals surface area contributed by atoms with Gasteiger partial charge >= 0.3 is 11.9 Å². The van der Waals surface area contributed by atoms with Crippen molar-refractivity contribution in [3.8, 4) is 0 Å². The maximum absolute atomic E-state index is 10.6. The highest BCUT2D eigenvalue weighted by atomic mass is 16.4. The van der Waals surface area contributed by atoms with Gasteiger partial charge in [-0.25, -0.2) is 0 Å². The van der Waals surface area contributed by atoms with Crippen LogP contribution >= 0.6 is 0 Å². The zero-order valence-electron chi connectivity index (χ0n) is 8.86. The third-order valence-electron chi connectivity index (χ3n) is 2.72. The zero-order chi connectivity index (χ0) is 11.3. The molecule has 0 aromatic rings. The van der Waals surface area contributed by atoms with E-state index in [0.29, 0.717) is 12.8 Å². The van der Waals surface area contributed by atoms with E-state index in [9.17, 15) is 9.59 Å². The number of carbonyl (C=O) groups is 2. The number of aliphatic carboxylic acids is 2. The molecule has 4 heteroatoms. The monoisotopic (exact) mass is 202 g/mol. The van der Waals surface area contributed by atoms with Gasteiger partial charge < -0.3 is 10.2 Å². The Balaban J connectivity index is 3.90. The van der Waals surface area contributed by atoms with E-state index >= 15 is 0 Å². The van der Waals surface area contributed by atoms with E-state index in [-0.39, 0.29) is 5.92 Å². The van der Waals surface area contributed by atoms with Crippen LogP contribution in [-0.2, 0) is 9.59 Å². The van der Waals surface area contributed by atoms with Gasteiger partial charge in [0.25, 0.3) is 0 Å². The lowest BCUT2D eigenvalue weighted by Gasteiger charge is -2.16. The molecule has 0 aliphatic rings. The molecule has 0 saturated heterocycles. The maximum Gasteiger partial charge on any atom is 0.306 e. The van der Waals surface area contributed by atoms with E-state index in [1.54, 1.807) is 13.8 Å². The van der Waals surface area contributed by atoms with Crippen LogP contribution in [0.25, 0.3) is 0 Å². The molecule has 0 heterocycles. The normalized spacial score (nSPS) is 17.1. The molecule has 0 bridgehead atoms. The lowest BCUT2D eigenvalue weighted by molar-refractivity contribution is -0.142. The minimum absolute atomic E-state index is 0.0225. The molecule has 0 aliphatic carbocycles. The minimum Gasteiger partial charge on any atom is -0.481 e. The Morgan fingerprint density at radius 2 is 1.50 bits per heavy atom. The lowest BCUT2D eigenvalue weighted by Crippen LogP contribution is -2.19. The van der Waals surface area contributed by atoms with Gasteiger partial charge in [0.15, 0.2) is 0 Å². The van der Waals surface area contributed by atoms with Crippen molar-refractivity contribution >= 4 is 11.9 Å². The van der Waals surface area contributed by atoms with Crippen molar-refractivity contribution in [2.75, 3.05) is 0 Å². The number of rotatable bonds is 6. The third kappa shape index (κ3) is 4.25. The summed E-state index contributed by atoms with van der Waals surface area (Å²) in [6.45, 7) is 5.13. The Morgan fingerprint density at radius 1 is 1.00 bits per heavy atom. The third-order valence-corrected chi connectivity index (χ3v) is 2.72. The molecule has 4 nitrogen and oxygen atoms in total. The second kappa shape index (κ2) is 5.62. The van der Waals surface area contributed by atoms with Crippen molar-refractivity contribution in [3.63, 3.8) is 0 Å². The summed E-state index contributed by atoms with van der Waals surface area (Å²) in [4.78, 5) is 21.1. The first kappa shape index (κ1) is 12.9. The van der Waals surface area contributed by atoms with Crippen LogP contribution in [-0.4, -0.2) is 22.2 Å². The molecule has 0 aromatic carbocycles. The second-order valence-corrected chi connectivity index (χ2v) is 3.92. The summed E-state index contributed by atoms with van der Waals surface area (Å²) in [5, 5.41) is 17.3. The minimum atomic E-state index is -0.819. The summed E-state index contributed by atoms with van der Waals surface area (Å²) in [5.74, 6) is -2.41. The topological polar surface area (TPSA) is 74.6 Å². The quantitative estimate of drug-likeness (QED) is 0.689. The summed E-state index contributed by atoms with van der Waals surface area (Å²) in [6, 6.07) is 0. The van der Waals surface area contributed by atoms with Crippen LogP contribution in [0.2, 0.25) is 0 Å². The molecule has 0 spiro atoms. The highest BCUT2D eigenvalue weighted by molar-refractivity contribution is 5.70. The van der Waals surface area contributed by atoms with Gasteiger partial charge in [-0.1, -0.05) is 20.8 Å². The van der Waals surface area contributed by atoms with Crippen molar-refractivity contribution in [2.24, 2.45) is 17.8 Å². The van der Waals surface area contributed by atoms with Gasteiger partial charge in [0.2, 0.25) is 0 Å². The molecular weight excluding hydrogens is 184 g/mol. The highest BCUT2D eigenvalue weighted by Crippen LogP contribution is 2.20. The van der Waals surface area contributed by atoms with E-state index < -0.39 is 23.8 Å². The van der Waals surface area contributed by atoms with Crippen LogP contribution in [0.3, 0.4) is 0 Å². The Hall–Kier alpha value is -1.06. The number of carboxylic acids is 2. The van der Waals surface area contributed by atoms with Gasteiger partial charge in [-0.2, -0.15) is 0 Å². The first-order valence-corrected chi connectivity index (χ1v) is 4.81. The average molecular weight is 202 g/mol. The second-order valence-electron chi connectivity index (χ2n) is 3.92. The fourth-order valence-corrected chi connectivity index (χ4v) is 1.13. The van der Waals surface area contributed by atoms with E-state index in [2.05, 4.69) is 0 Å². The predicted molar refractivity (Wildman–Crippen MR) is 52.0 cm³/mol. The summed E-state index contributed by atoms with van der Waals surface area (Å²) in [6.07, 6.45) is 1.18. The molecule has 0 amide bonds. The molecule has 0 rings (SSSR count). The van der Waals surface area contributed by atoms with Crippen molar-refractivity contribution in [2.45, 2.75) is 33.6 Å². The molecule has 0 fully saturated rings. The smallest absolute Gasteiger partial charge is 0.306 e. The summed E-state index contributed by atoms with van der Waals surface area (Å²) in [5.41, 5.74) is 0. The van der Waals surface area contributed by atoms with Crippen LogP contribution in [0.5, 0.6) is 0 Å². The molecule has 3 unspecified atom stereocenters. The van der Waals surface area contributed by atoms with Gasteiger partial charge in [0.1, 0.15) is 0 Å². The molecule has 14 heavy (non-hydrogen) atoms. The standard InChI is InChI=1S/C10H18O4/c1-6(8(3)10(13)14)4-5-7(2)9(11)12/h6-8H,4-5H2,1-3H3,(H,11,12)(H,13,14). The van der Waals surface area contributed by atoms with Crippen LogP contribution in [0.4, 0.5) is 0 Å². The summed E-state index contributed by atoms with van der Waals surface area (Å²) in [7, 11) is 0. The average Bonchev–Trinajstić information content (AvgIpc) is 2.11. The van der Waals surface area contributed by atoms with Crippen LogP contribution in [0.15, 0.2) is 0 Å². The largest absolute Gasteiger partial charge is 0.481 e. The van der Waals surface area contributed by atoms with Crippen molar-refractivity contribution in [1.82, 2.24) is 0 Å².